The molecule has 158 valence electrons. The number of ether oxygens (including phenoxy) is 2. The first-order valence-electron chi connectivity index (χ1n) is 10.2. The molecule has 2 aliphatic rings. The molecule has 3 unspecified atom stereocenters. The number of fused-ring (bicyclic) bond motifs is 2. The first kappa shape index (κ1) is 20.5. The van der Waals surface area contributed by atoms with Gasteiger partial charge in [0.15, 0.2) is 5.78 Å². The van der Waals surface area contributed by atoms with Crippen molar-refractivity contribution in [2.24, 2.45) is 5.41 Å². The number of ketones is 1. The van der Waals surface area contributed by atoms with E-state index in [-0.39, 0.29) is 30.7 Å². The van der Waals surface area contributed by atoms with Crippen molar-refractivity contribution in [1.82, 2.24) is 4.90 Å². The SMILES string of the molecule is COC(=O)C1(Cc2ccccc2F)C(=O)CC2CCC1N2Cc1cccc(OC)c1. The minimum absolute atomic E-state index is 0.0111. The Morgan fingerprint density at radius 3 is 2.70 bits per heavy atom. The number of esters is 1. The average molecular weight is 411 g/mol. The molecule has 2 aromatic rings. The fourth-order valence-electron chi connectivity index (χ4n) is 5.15. The molecule has 0 spiro atoms. The summed E-state index contributed by atoms with van der Waals surface area (Å²) in [5.74, 6) is -0.365. The minimum Gasteiger partial charge on any atom is -0.497 e. The van der Waals surface area contributed by atoms with Crippen LogP contribution in [0, 0.1) is 11.2 Å². The summed E-state index contributed by atoms with van der Waals surface area (Å²) in [6.45, 7) is 0.593. The highest BCUT2D eigenvalue weighted by Gasteiger charge is 2.61. The third-order valence-corrected chi connectivity index (χ3v) is 6.61. The number of benzene rings is 2. The minimum atomic E-state index is -1.40. The second-order valence-corrected chi connectivity index (χ2v) is 8.13. The summed E-state index contributed by atoms with van der Waals surface area (Å²) < 4.78 is 25.0. The van der Waals surface area contributed by atoms with Crippen LogP contribution >= 0.6 is 0 Å². The maximum absolute atomic E-state index is 14.5. The van der Waals surface area contributed by atoms with E-state index in [1.807, 2.05) is 24.3 Å². The number of hydrogen-bond donors (Lipinski definition) is 0. The van der Waals surface area contributed by atoms with E-state index in [2.05, 4.69) is 4.90 Å². The third-order valence-electron chi connectivity index (χ3n) is 6.61. The number of Topliss-reactive ketones (excluding diaryl/α,β-unsaturated/α-hetero) is 1. The monoisotopic (exact) mass is 411 g/mol. The smallest absolute Gasteiger partial charge is 0.321 e. The van der Waals surface area contributed by atoms with Gasteiger partial charge in [-0.25, -0.2) is 4.39 Å². The molecule has 0 amide bonds. The highest BCUT2D eigenvalue weighted by Crippen LogP contribution is 2.48. The zero-order valence-electron chi connectivity index (χ0n) is 17.3. The molecule has 2 fully saturated rings. The molecule has 2 aromatic carbocycles. The highest BCUT2D eigenvalue weighted by molar-refractivity contribution is 6.06. The van der Waals surface area contributed by atoms with Crippen molar-refractivity contribution in [3.8, 4) is 5.75 Å². The maximum Gasteiger partial charge on any atom is 0.321 e. The molecular weight excluding hydrogens is 385 g/mol. The fraction of sp³-hybridized carbons (Fsp3) is 0.417. The standard InChI is InChI=1S/C24H26FNO4/c1-29-19-8-5-6-16(12-19)15-26-18-10-11-21(26)24(22(27)13-18,23(28)30-2)14-17-7-3-4-9-20(17)25/h3-9,12,18,21H,10-11,13-15H2,1-2H3. The topological polar surface area (TPSA) is 55.8 Å². The summed E-state index contributed by atoms with van der Waals surface area (Å²) in [6, 6.07) is 13.9. The second kappa shape index (κ2) is 8.19. The number of carbonyl (C=O) groups is 2. The number of carbonyl (C=O) groups excluding carboxylic acids is 2. The van der Waals surface area contributed by atoms with Gasteiger partial charge in [-0.05, 0) is 48.6 Å². The number of piperidine rings is 1. The van der Waals surface area contributed by atoms with Crippen LogP contribution in [0.1, 0.15) is 30.4 Å². The zero-order valence-corrected chi connectivity index (χ0v) is 17.3. The Balaban J connectivity index is 1.72. The van der Waals surface area contributed by atoms with Crippen LogP contribution in [0.25, 0.3) is 0 Å². The van der Waals surface area contributed by atoms with Crippen molar-refractivity contribution in [2.45, 2.75) is 44.3 Å². The van der Waals surface area contributed by atoms with Gasteiger partial charge < -0.3 is 9.47 Å². The molecule has 3 atom stereocenters. The van der Waals surface area contributed by atoms with Gasteiger partial charge in [-0.1, -0.05) is 30.3 Å². The molecule has 6 heteroatoms. The highest BCUT2D eigenvalue weighted by atomic mass is 19.1. The van der Waals surface area contributed by atoms with Crippen molar-refractivity contribution < 1.29 is 23.5 Å². The van der Waals surface area contributed by atoms with E-state index in [0.717, 1.165) is 17.7 Å². The molecule has 0 radical (unpaired) electrons. The van der Waals surface area contributed by atoms with Gasteiger partial charge in [0.25, 0.3) is 0 Å². The first-order chi connectivity index (χ1) is 14.5. The predicted molar refractivity (Wildman–Crippen MR) is 110 cm³/mol. The van der Waals surface area contributed by atoms with E-state index in [9.17, 15) is 14.0 Å². The van der Waals surface area contributed by atoms with E-state index < -0.39 is 17.2 Å². The summed E-state index contributed by atoms with van der Waals surface area (Å²) in [5.41, 5.74) is 0.0104. The van der Waals surface area contributed by atoms with Crippen molar-refractivity contribution >= 4 is 11.8 Å². The van der Waals surface area contributed by atoms with Gasteiger partial charge in [0.05, 0.1) is 14.2 Å². The summed E-state index contributed by atoms with van der Waals surface area (Å²) in [5, 5.41) is 0. The van der Waals surface area contributed by atoms with Crippen LogP contribution in [0.4, 0.5) is 4.39 Å². The van der Waals surface area contributed by atoms with Crippen molar-refractivity contribution in [1.29, 1.82) is 0 Å². The maximum atomic E-state index is 14.5. The quantitative estimate of drug-likeness (QED) is 0.538. The van der Waals surface area contributed by atoms with Crippen molar-refractivity contribution in [3.05, 3.63) is 65.5 Å². The number of nitrogens with zero attached hydrogens (tertiary/aromatic N) is 1. The second-order valence-electron chi connectivity index (χ2n) is 8.13. The van der Waals surface area contributed by atoms with Crippen LogP contribution in [0.15, 0.2) is 48.5 Å². The van der Waals surface area contributed by atoms with Crippen LogP contribution in [-0.4, -0.2) is 43.0 Å². The Morgan fingerprint density at radius 1 is 1.17 bits per heavy atom. The molecule has 2 bridgehead atoms. The van der Waals surface area contributed by atoms with Gasteiger partial charge in [-0.2, -0.15) is 0 Å². The molecule has 0 saturated carbocycles. The van der Waals surface area contributed by atoms with Crippen LogP contribution in [0.2, 0.25) is 0 Å². The van der Waals surface area contributed by atoms with E-state index in [0.29, 0.717) is 18.5 Å². The number of halogens is 1. The summed E-state index contributed by atoms with van der Waals surface area (Å²) >= 11 is 0. The Kier molecular flexibility index (Phi) is 5.60. The number of hydrogen-bond acceptors (Lipinski definition) is 5. The van der Waals surface area contributed by atoms with E-state index in [1.54, 1.807) is 25.3 Å². The van der Waals surface area contributed by atoms with Crippen LogP contribution in [0.5, 0.6) is 5.75 Å². The summed E-state index contributed by atoms with van der Waals surface area (Å²) in [7, 11) is 2.92. The largest absolute Gasteiger partial charge is 0.497 e. The Hall–Kier alpha value is -2.73. The first-order valence-corrected chi connectivity index (χ1v) is 10.2. The molecule has 2 saturated heterocycles. The lowest BCUT2D eigenvalue weighted by Gasteiger charge is -2.45. The van der Waals surface area contributed by atoms with Crippen molar-refractivity contribution in [3.63, 3.8) is 0 Å². The van der Waals surface area contributed by atoms with Crippen LogP contribution in [-0.2, 0) is 27.3 Å². The Labute approximate surface area is 175 Å². The Bertz CT molecular complexity index is 962. The summed E-state index contributed by atoms with van der Waals surface area (Å²) in [6.07, 6.45) is 1.81. The van der Waals surface area contributed by atoms with Gasteiger partial charge in [0, 0.05) is 25.0 Å². The third kappa shape index (κ3) is 3.39. The van der Waals surface area contributed by atoms with Gasteiger partial charge >= 0.3 is 5.97 Å². The summed E-state index contributed by atoms with van der Waals surface area (Å²) in [4.78, 5) is 28.6. The molecule has 5 nitrogen and oxygen atoms in total. The fourth-order valence-corrected chi connectivity index (χ4v) is 5.15. The van der Waals surface area contributed by atoms with Gasteiger partial charge in [0.1, 0.15) is 17.0 Å². The molecule has 0 aromatic heterocycles. The molecule has 2 aliphatic heterocycles. The zero-order chi connectivity index (χ0) is 21.3. The lowest BCUT2D eigenvalue weighted by molar-refractivity contribution is -0.167. The molecule has 0 aliphatic carbocycles. The number of methoxy groups -OCH3 is 2. The van der Waals surface area contributed by atoms with Gasteiger partial charge in [-0.3, -0.25) is 14.5 Å². The normalized spacial score (nSPS) is 25.9. The molecule has 2 heterocycles. The van der Waals surface area contributed by atoms with Crippen LogP contribution in [0.3, 0.4) is 0 Å². The molecule has 30 heavy (non-hydrogen) atoms. The van der Waals surface area contributed by atoms with Gasteiger partial charge in [0.2, 0.25) is 0 Å². The number of rotatable bonds is 6. The molecular formula is C24H26FNO4. The van der Waals surface area contributed by atoms with E-state index >= 15 is 0 Å². The lowest BCUT2D eigenvalue weighted by Crippen LogP contribution is -2.61. The average Bonchev–Trinajstić information content (AvgIpc) is 3.07. The predicted octanol–water partition coefficient (Wildman–Crippen LogP) is 3.54. The van der Waals surface area contributed by atoms with E-state index in [4.69, 9.17) is 9.47 Å². The van der Waals surface area contributed by atoms with Crippen molar-refractivity contribution in [2.75, 3.05) is 14.2 Å². The van der Waals surface area contributed by atoms with Gasteiger partial charge in [-0.15, -0.1) is 0 Å². The van der Waals surface area contributed by atoms with E-state index in [1.165, 1.54) is 13.2 Å². The van der Waals surface area contributed by atoms with Crippen LogP contribution < -0.4 is 4.74 Å². The molecule has 0 N–H and O–H groups in total. The molecule has 4 rings (SSSR count). The Morgan fingerprint density at radius 2 is 1.97 bits per heavy atom. The lowest BCUT2D eigenvalue weighted by atomic mass is 9.68.